The summed E-state index contributed by atoms with van der Waals surface area (Å²) in [5.41, 5.74) is 3.60. The molecule has 0 amide bonds. The van der Waals surface area contributed by atoms with E-state index in [-0.39, 0.29) is 24.3 Å². The second-order valence-corrected chi connectivity index (χ2v) is 10.6. The molecule has 0 fully saturated rings. The summed E-state index contributed by atoms with van der Waals surface area (Å²) in [4.78, 5) is 11.2. The van der Waals surface area contributed by atoms with Crippen molar-refractivity contribution in [1.82, 2.24) is 0 Å². The van der Waals surface area contributed by atoms with Crippen LogP contribution >= 0.6 is 0 Å². The van der Waals surface area contributed by atoms with Crippen LogP contribution in [-0.2, 0) is 17.8 Å². The van der Waals surface area contributed by atoms with Gasteiger partial charge in [0.15, 0.2) is 0 Å². The van der Waals surface area contributed by atoms with Crippen LogP contribution in [0.2, 0.25) is 0 Å². The maximum absolute atomic E-state index is 14.9. The molecule has 0 radical (unpaired) electrons. The molecule has 4 nitrogen and oxygen atoms in total. The van der Waals surface area contributed by atoms with Gasteiger partial charge in [0, 0.05) is 5.56 Å². The molecule has 1 unspecified atom stereocenters. The van der Waals surface area contributed by atoms with Crippen molar-refractivity contribution in [2.24, 2.45) is 5.41 Å². The van der Waals surface area contributed by atoms with Crippen molar-refractivity contribution in [1.29, 1.82) is 0 Å². The summed E-state index contributed by atoms with van der Waals surface area (Å²) in [5.74, 6) is -1.08. The summed E-state index contributed by atoms with van der Waals surface area (Å²) in [6, 6.07) is 15.1. The first kappa shape index (κ1) is 29.2. The molecule has 0 aliphatic rings. The van der Waals surface area contributed by atoms with Gasteiger partial charge in [-0.05, 0) is 89.2 Å². The summed E-state index contributed by atoms with van der Waals surface area (Å²) in [7, 11) is 1.56. The molecule has 0 aromatic heterocycles. The molecule has 204 valence electrons. The van der Waals surface area contributed by atoms with Crippen molar-refractivity contribution in [2.75, 3.05) is 7.11 Å². The molecule has 0 aliphatic heterocycles. The molecule has 1 N–H and O–H groups in total. The van der Waals surface area contributed by atoms with Crippen LogP contribution in [-0.4, -0.2) is 18.2 Å². The Balaban J connectivity index is 1.92. The van der Waals surface area contributed by atoms with Gasteiger partial charge in [-0.3, -0.25) is 4.79 Å². The number of halogens is 2. The smallest absolute Gasteiger partial charge is 0.303 e. The molecule has 0 heterocycles. The Morgan fingerprint density at radius 2 is 1.66 bits per heavy atom. The van der Waals surface area contributed by atoms with E-state index in [0.717, 1.165) is 36.0 Å². The molecule has 1 atom stereocenters. The third-order valence-corrected chi connectivity index (χ3v) is 6.96. The average molecular weight is 525 g/mol. The van der Waals surface area contributed by atoms with Crippen molar-refractivity contribution in [3.63, 3.8) is 0 Å². The predicted octanol–water partition coefficient (Wildman–Crippen LogP) is 8.56. The molecule has 0 spiro atoms. The SMILES string of the molecule is CCCC(C)(C)Cc1cc(COc2ccc(F)c(C(CC)CC(=O)O)c2)ccc1-c1cc(OC)ccc1F. The number of benzene rings is 3. The average Bonchev–Trinajstić information content (AvgIpc) is 2.87. The summed E-state index contributed by atoms with van der Waals surface area (Å²) >= 11 is 0. The quantitative estimate of drug-likeness (QED) is 0.243. The largest absolute Gasteiger partial charge is 0.497 e. The Kier molecular flexibility index (Phi) is 9.90. The minimum absolute atomic E-state index is 0.0173. The summed E-state index contributed by atoms with van der Waals surface area (Å²) < 4.78 is 40.8. The van der Waals surface area contributed by atoms with Gasteiger partial charge in [-0.1, -0.05) is 52.3 Å². The van der Waals surface area contributed by atoms with E-state index in [1.807, 2.05) is 19.1 Å². The predicted molar refractivity (Wildman–Crippen MR) is 147 cm³/mol. The number of carboxylic acid groups (broad SMARTS) is 1. The molecule has 0 bridgehead atoms. The molecule has 3 aromatic carbocycles. The number of aliphatic carboxylic acids is 1. The Morgan fingerprint density at radius 3 is 2.32 bits per heavy atom. The van der Waals surface area contributed by atoms with Crippen molar-refractivity contribution >= 4 is 5.97 Å². The molecule has 38 heavy (non-hydrogen) atoms. The Bertz CT molecular complexity index is 1250. The third-order valence-electron chi connectivity index (χ3n) is 6.96. The molecule has 0 saturated carbocycles. The first-order valence-electron chi connectivity index (χ1n) is 13.2. The lowest BCUT2D eigenvalue weighted by atomic mass is 9.79. The maximum atomic E-state index is 14.9. The first-order chi connectivity index (χ1) is 18.1. The molecule has 0 aliphatic carbocycles. The molecule has 3 rings (SSSR count). The molecular formula is C32H38F2O4. The van der Waals surface area contributed by atoms with E-state index in [1.165, 1.54) is 12.1 Å². The Morgan fingerprint density at radius 1 is 0.947 bits per heavy atom. The van der Waals surface area contributed by atoms with Crippen LogP contribution in [0.15, 0.2) is 54.6 Å². The van der Waals surface area contributed by atoms with Gasteiger partial charge in [-0.15, -0.1) is 0 Å². The highest BCUT2D eigenvalue weighted by Gasteiger charge is 2.22. The first-order valence-corrected chi connectivity index (χ1v) is 13.2. The lowest BCUT2D eigenvalue weighted by Gasteiger charge is -2.26. The van der Waals surface area contributed by atoms with Crippen LogP contribution in [0, 0.1) is 17.0 Å². The van der Waals surface area contributed by atoms with E-state index < -0.39 is 17.7 Å². The maximum Gasteiger partial charge on any atom is 0.303 e. The standard InChI is InChI=1S/C32H38F2O4/c1-6-14-32(3,4)19-23-15-21(8-11-26(23)28-17-24(37-5)9-12-30(28)34)20-38-25-10-13-29(33)27(18-25)22(7-2)16-31(35)36/h8-13,15,17-18,22H,6-7,14,16,19-20H2,1-5H3,(H,35,36). The fourth-order valence-corrected chi connectivity index (χ4v) is 5.04. The lowest BCUT2D eigenvalue weighted by molar-refractivity contribution is -0.137. The molecule has 3 aromatic rings. The van der Waals surface area contributed by atoms with Gasteiger partial charge >= 0.3 is 5.97 Å². The summed E-state index contributed by atoms with van der Waals surface area (Å²) in [5, 5.41) is 9.20. The number of methoxy groups -OCH3 is 1. The van der Waals surface area contributed by atoms with Gasteiger partial charge in [-0.25, -0.2) is 8.78 Å². The fraction of sp³-hybridized carbons (Fsp3) is 0.406. The van der Waals surface area contributed by atoms with Gasteiger partial charge in [-0.2, -0.15) is 0 Å². The van der Waals surface area contributed by atoms with Crippen LogP contribution in [0.25, 0.3) is 11.1 Å². The van der Waals surface area contributed by atoms with Gasteiger partial charge in [0.25, 0.3) is 0 Å². The van der Waals surface area contributed by atoms with Crippen LogP contribution in [0.4, 0.5) is 8.78 Å². The van der Waals surface area contributed by atoms with Crippen LogP contribution < -0.4 is 9.47 Å². The molecular weight excluding hydrogens is 486 g/mol. The zero-order valence-corrected chi connectivity index (χ0v) is 22.9. The van der Waals surface area contributed by atoms with Gasteiger partial charge in [0.1, 0.15) is 29.7 Å². The highest BCUT2D eigenvalue weighted by molar-refractivity contribution is 5.70. The number of carboxylic acids is 1. The number of rotatable bonds is 13. The van der Waals surface area contributed by atoms with Crippen molar-refractivity contribution in [2.45, 2.75) is 72.3 Å². The van der Waals surface area contributed by atoms with Crippen molar-refractivity contribution < 1.29 is 28.2 Å². The molecule has 6 heteroatoms. The minimum Gasteiger partial charge on any atom is -0.497 e. The van der Waals surface area contributed by atoms with Gasteiger partial charge < -0.3 is 14.6 Å². The molecule has 0 saturated heterocycles. The van der Waals surface area contributed by atoms with E-state index in [9.17, 15) is 18.7 Å². The van der Waals surface area contributed by atoms with Crippen LogP contribution in [0.1, 0.15) is 76.0 Å². The highest BCUT2D eigenvalue weighted by Crippen LogP contribution is 2.36. The second kappa shape index (κ2) is 12.9. The van der Waals surface area contributed by atoms with Crippen molar-refractivity contribution in [3.05, 3.63) is 82.9 Å². The monoisotopic (exact) mass is 524 g/mol. The topological polar surface area (TPSA) is 55.8 Å². The summed E-state index contributed by atoms with van der Waals surface area (Å²) in [6.45, 7) is 8.67. The normalized spacial score (nSPS) is 12.3. The zero-order chi connectivity index (χ0) is 27.9. The third kappa shape index (κ3) is 7.56. The number of carbonyl (C=O) groups is 1. The number of hydrogen-bond donors (Lipinski definition) is 1. The fourth-order valence-electron chi connectivity index (χ4n) is 5.04. The van der Waals surface area contributed by atoms with Gasteiger partial charge in [0.2, 0.25) is 0 Å². The number of ether oxygens (including phenoxy) is 2. The van der Waals surface area contributed by atoms with Gasteiger partial charge in [0.05, 0.1) is 13.5 Å². The van der Waals surface area contributed by atoms with E-state index in [0.29, 0.717) is 29.0 Å². The van der Waals surface area contributed by atoms with E-state index in [2.05, 4.69) is 26.8 Å². The Labute approximate surface area is 224 Å². The summed E-state index contributed by atoms with van der Waals surface area (Å²) in [6.07, 6.45) is 3.20. The number of hydrogen-bond acceptors (Lipinski definition) is 3. The second-order valence-electron chi connectivity index (χ2n) is 10.6. The van der Waals surface area contributed by atoms with Crippen molar-refractivity contribution in [3.8, 4) is 22.6 Å². The Hall–Kier alpha value is -3.41. The van der Waals surface area contributed by atoms with Crippen LogP contribution in [0.5, 0.6) is 11.5 Å². The van der Waals surface area contributed by atoms with Crippen LogP contribution in [0.3, 0.4) is 0 Å². The highest BCUT2D eigenvalue weighted by atomic mass is 19.1. The van der Waals surface area contributed by atoms with E-state index in [1.54, 1.807) is 31.4 Å². The lowest BCUT2D eigenvalue weighted by Crippen LogP contribution is -2.15. The van der Waals surface area contributed by atoms with E-state index in [4.69, 9.17) is 9.47 Å². The zero-order valence-electron chi connectivity index (χ0n) is 22.9. The minimum atomic E-state index is -0.964. The van der Waals surface area contributed by atoms with E-state index >= 15 is 0 Å².